The molecule has 2 rings (SSSR count). The van der Waals surface area contributed by atoms with Gasteiger partial charge in [0.15, 0.2) is 5.96 Å². The van der Waals surface area contributed by atoms with Crippen molar-refractivity contribution >= 4 is 5.96 Å². The zero-order valence-electron chi connectivity index (χ0n) is 12.1. The first-order chi connectivity index (χ1) is 9.35. The maximum atomic E-state index is 5.41. The van der Waals surface area contributed by atoms with E-state index in [9.17, 15) is 0 Å². The fourth-order valence-electron chi connectivity index (χ4n) is 2.77. The van der Waals surface area contributed by atoms with Gasteiger partial charge in [-0.2, -0.15) is 0 Å². The van der Waals surface area contributed by atoms with Gasteiger partial charge in [0.1, 0.15) is 0 Å². The molecule has 0 aliphatic carbocycles. The van der Waals surface area contributed by atoms with Gasteiger partial charge in [-0.1, -0.05) is 0 Å². The van der Waals surface area contributed by atoms with Gasteiger partial charge in [-0.15, -0.1) is 0 Å². The smallest absolute Gasteiger partial charge is 0.193 e. The lowest BCUT2D eigenvalue weighted by Crippen LogP contribution is -2.47. The van der Waals surface area contributed by atoms with Crippen molar-refractivity contribution < 1.29 is 9.47 Å². The van der Waals surface area contributed by atoms with Gasteiger partial charge in [-0.25, -0.2) is 0 Å². The van der Waals surface area contributed by atoms with Crippen molar-refractivity contribution in [2.24, 2.45) is 4.99 Å². The minimum Gasteiger partial charge on any atom is -0.383 e. The first-order valence-corrected chi connectivity index (χ1v) is 7.11. The first-order valence-electron chi connectivity index (χ1n) is 7.11. The van der Waals surface area contributed by atoms with Crippen molar-refractivity contribution in [1.82, 2.24) is 15.1 Å². The van der Waals surface area contributed by atoms with E-state index in [1.165, 1.54) is 6.42 Å². The van der Waals surface area contributed by atoms with Gasteiger partial charge in [0.05, 0.1) is 19.8 Å². The monoisotopic (exact) mass is 270 g/mol. The number of hydrogen-bond acceptors (Lipinski definition) is 4. The molecule has 2 saturated heterocycles. The lowest BCUT2D eigenvalue weighted by Gasteiger charge is -2.32. The highest BCUT2D eigenvalue weighted by molar-refractivity contribution is 5.80. The third kappa shape index (κ3) is 4.06. The summed E-state index contributed by atoms with van der Waals surface area (Å²) in [6.45, 7) is 7.53. The Labute approximate surface area is 115 Å². The van der Waals surface area contributed by atoms with Crippen molar-refractivity contribution in [3.8, 4) is 0 Å². The van der Waals surface area contributed by atoms with Crippen molar-refractivity contribution in [1.29, 1.82) is 0 Å². The van der Waals surface area contributed by atoms with E-state index in [1.807, 2.05) is 7.05 Å². The van der Waals surface area contributed by atoms with Crippen molar-refractivity contribution in [2.45, 2.75) is 12.5 Å². The Morgan fingerprint density at radius 3 is 2.84 bits per heavy atom. The average Bonchev–Trinajstić information content (AvgIpc) is 2.94. The van der Waals surface area contributed by atoms with Gasteiger partial charge < -0.3 is 19.7 Å². The second kappa shape index (κ2) is 7.67. The normalized spacial score (nSPS) is 25.9. The van der Waals surface area contributed by atoms with E-state index in [2.05, 4.69) is 20.1 Å². The molecule has 2 aliphatic heterocycles. The number of nitrogens with zero attached hydrogens (tertiary/aromatic N) is 3. The van der Waals surface area contributed by atoms with Crippen molar-refractivity contribution in [3.63, 3.8) is 0 Å². The summed E-state index contributed by atoms with van der Waals surface area (Å²) in [5, 5.41) is 3.34. The highest BCUT2D eigenvalue weighted by atomic mass is 16.5. The van der Waals surface area contributed by atoms with Crippen LogP contribution in [0.15, 0.2) is 4.99 Å². The number of ether oxygens (including phenoxy) is 2. The topological polar surface area (TPSA) is 49.3 Å². The van der Waals surface area contributed by atoms with Crippen LogP contribution in [0, 0.1) is 0 Å². The molecule has 2 fully saturated rings. The predicted octanol–water partition coefficient (Wildman–Crippen LogP) is -0.385. The summed E-state index contributed by atoms with van der Waals surface area (Å²) in [4.78, 5) is 9.24. The van der Waals surface area contributed by atoms with E-state index in [4.69, 9.17) is 9.47 Å². The summed E-state index contributed by atoms with van der Waals surface area (Å²) in [6.07, 6.45) is 1.21. The van der Waals surface area contributed by atoms with Gasteiger partial charge in [0.2, 0.25) is 0 Å². The molecule has 1 N–H and O–H groups in total. The summed E-state index contributed by atoms with van der Waals surface area (Å²) in [7, 11) is 3.56. The molecule has 6 nitrogen and oxygen atoms in total. The molecule has 0 aromatic rings. The molecule has 0 radical (unpaired) electrons. The zero-order chi connectivity index (χ0) is 13.5. The molecule has 0 saturated carbocycles. The van der Waals surface area contributed by atoms with E-state index in [0.717, 1.165) is 51.9 Å². The summed E-state index contributed by atoms with van der Waals surface area (Å²) >= 11 is 0. The number of guanidine groups is 1. The average molecular weight is 270 g/mol. The fraction of sp³-hybridized carbons (Fsp3) is 0.923. The van der Waals surface area contributed by atoms with Gasteiger partial charge in [0.25, 0.3) is 0 Å². The number of morpholine rings is 1. The highest BCUT2D eigenvalue weighted by Gasteiger charge is 2.29. The Morgan fingerprint density at radius 1 is 1.37 bits per heavy atom. The standard InChI is InChI=1S/C13H26N4O2/c1-14-13(15-4-8-18-2)17-5-3-12(11-17)16-6-9-19-10-7-16/h12H,3-11H2,1-2H3,(H,14,15). The van der Waals surface area contributed by atoms with Gasteiger partial charge in [-0.05, 0) is 6.42 Å². The summed E-state index contributed by atoms with van der Waals surface area (Å²) in [5.74, 6) is 0.993. The lowest BCUT2D eigenvalue weighted by molar-refractivity contribution is 0.0195. The minimum atomic E-state index is 0.643. The van der Waals surface area contributed by atoms with E-state index >= 15 is 0 Å². The molecule has 1 unspecified atom stereocenters. The summed E-state index contributed by atoms with van der Waals surface area (Å²) < 4.78 is 10.5. The first kappa shape index (κ1) is 14.6. The Morgan fingerprint density at radius 2 is 2.16 bits per heavy atom. The Bertz CT molecular complexity index is 292. The summed E-state index contributed by atoms with van der Waals surface area (Å²) in [6, 6.07) is 0.643. The van der Waals surface area contributed by atoms with E-state index in [0.29, 0.717) is 12.6 Å². The van der Waals surface area contributed by atoms with Crippen LogP contribution in [0.1, 0.15) is 6.42 Å². The molecule has 110 valence electrons. The third-order valence-electron chi connectivity index (χ3n) is 3.83. The molecular weight excluding hydrogens is 244 g/mol. The molecule has 1 atom stereocenters. The van der Waals surface area contributed by atoms with Crippen LogP contribution in [0.4, 0.5) is 0 Å². The number of aliphatic imine (C=N–C) groups is 1. The number of rotatable bonds is 4. The SMILES string of the molecule is CN=C(NCCOC)N1CCC(N2CCOCC2)C1. The zero-order valence-corrected chi connectivity index (χ0v) is 12.1. The maximum absolute atomic E-state index is 5.41. The van der Waals surface area contributed by atoms with Gasteiger partial charge in [-0.3, -0.25) is 9.89 Å². The lowest BCUT2D eigenvalue weighted by atomic mass is 10.2. The second-order valence-corrected chi connectivity index (χ2v) is 5.00. The van der Waals surface area contributed by atoms with Crippen LogP contribution in [0.25, 0.3) is 0 Å². The van der Waals surface area contributed by atoms with Crippen LogP contribution in [-0.2, 0) is 9.47 Å². The minimum absolute atomic E-state index is 0.643. The van der Waals surface area contributed by atoms with E-state index in [1.54, 1.807) is 7.11 Å². The summed E-state index contributed by atoms with van der Waals surface area (Å²) in [5.41, 5.74) is 0. The number of methoxy groups -OCH3 is 1. The van der Waals surface area contributed by atoms with Crippen LogP contribution >= 0.6 is 0 Å². The largest absolute Gasteiger partial charge is 0.383 e. The Hall–Kier alpha value is -0.850. The third-order valence-corrected chi connectivity index (χ3v) is 3.83. The molecule has 0 aromatic heterocycles. The van der Waals surface area contributed by atoms with E-state index < -0.39 is 0 Å². The highest BCUT2D eigenvalue weighted by Crippen LogP contribution is 2.16. The fourth-order valence-corrected chi connectivity index (χ4v) is 2.77. The van der Waals surface area contributed by atoms with Crippen LogP contribution in [0.2, 0.25) is 0 Å². The molecule has 19 heavy (non-hydrogen) atoms. The van der Waals surface area contributed by atoms with Crippen LogP contribution < -0.4 is 5.32 Å². The molecule has 0 spiro atoms. The number of nitrogens with one attached hydrogen (secondary N) is 1. The number of hydrogen-bond donors (Lipinski definition) is 1. The van der Waals surface area contributed by atoms with Crippen LogP contribution in [0.5, 0.6) is 0 Å². The molecule has 0 bridgehead atoms. The van der Waals surface area contributed by atoms with Gasteiger partial charge >= 0.3 is 0 Å². The van der Waals surface area contributed by atoms with Crippen LogP contribution in [-0.4, -0.2) is 88.5 Å². The number of likely N-dealkylation sites (tertiary alicyclic amines) is 1. The Balaban J connectivity index is 1.79. The maximum Gasteiger partial charge on any atom is 0.193 e. The molecule has 6 heteroatoms. The van der Waals surface area contributed by atoms with Gasteiger partial charge in [0, 0.05) is 52.9 Å². The van der Waals surface area contributed by atoms with Crippen molar-refractivity contribution in [3.05, 3.63) is 0 Å². The van der Waals surface area contributed by atoms with Crippen LogP contribution in [0.3, 0.4) is 0 Å². The van der Waals surface area contributed by atoms with E-state index in [-0.39, 0.29) is 0 Å². The Kier molecular flexibility index (Phi) is 5.88. The molecule has 2 heterocycles. The molecular formula is C13H26N4O2. The second-order valence-electron chi connectivity index (χ2n) is 5.00. The quantitative estimate of drug-likeness (QED) is 0.428. The molecule has 2 aliphatic rings. The molecule has 0 amide bonds. The predicted molar refractivity (Wildman–Crippen MR) is 75.6 cm³/mol. The molecule has 0 aromatic carbocycles. The van der Waals surface area contributed by atoms with Crippen molar-refractivity contribution in [2.75, 3.05) is 66.7 Å².